The lowest BCUT2D eigenvalue weighted by Gasteiger charge is -2.11. The zero-order valence-corrected chi connectivity index (χ0v) is 13.4. The molecule has 1 aromatic heterocycles. The molecule has 0 aliphatic carbocycles. The maximum Gasteiger partial charge on any atom is 0.260 e. The number of benzene rings is 1. The Labute approximate surface area is 126 Å². The van der Waals surface area contributed by atoms with Gasteiger partial charge in [-0.1, -0.05) is 28.9 Å². The third kappa shape index (κ3) is 4.09. The van der Waals surface area contributed by atoms with Crippen molar-refractivity contribution in [3.63, 3.8) is 0 Å². The van der Waals surface area contributed by atoms with E-state index in [2.05, 4.69) is 46.0 Å². The number of halogens is 1. The molecule has 3 nitrogen and oxygen atoms in total. The Morgan fingerprint density at radius 1 is 1.47 bits per heavy atom. The highest BCUT2D eigenvalue weighted by Crippen LogP contribution is 2.30. The molecule has 102 valence electrons. The van der Waals surface area contributed by atoms with Gasteiger partial charge in [-0.3, -0.25) is 0 Å². The van der Waals surface area contributed by atoms with Crippen LogP contribution in [-0.2, 0) is 6.42 Å². The fourth-order valence-electron chi connectivity index (χ4n) is 1.66. The maximum atomic E-state index is 5.99. The molecule has 0 radical (unpaired) electrons. The summed E-state index contributed by atoms with van der Waals surface area (Å²) in [5.74, 6) is 0. The van der Waals surface area contributed by atoms with Gasteiger partial charge in [-0.2, -0.15) is 0 Å². The predicted octanol–water partition coefficient (Wildman–Crippen LogP) is 4.18. The van der Waals surface area contributed by atoms with E-state index in [9.17, 15) is 0 Å². The Balaban J connectivity index is 2.10. The van der Waals surface area contributed by atoms with Crippen LogP contribution in [0.1, 0.15) is 24.6 Å². The number of nitrogens with zero attached hydrogens (tertiary/aromatic N) is 1. The number of rotatable bonds is 5. The molecule has 1 heterocycles. The fraction of sp³-hybridized carbons (Fsp3) is 0.357. The first-order valence-electron chi connectivity index (χ1n) is 6.22. The molecule has 0 aliphatic rings. The van der Waals surface area contributed by atoms with Crippen molar-refractivity contribution in [2.75, 3.05) is 0 Å². The van der Waals surface area contributed by atoms with E-state index in [-0.39, 0.29) is 6.04 Å². The molecule has 0 saturated heterocycles. The van der Waals surface area contributed by atoms with Gasteiger partial charge in [0, 0.05) is 15.4 Å². The van der Waals surface area contributed by atoms with Gasteiger partial charge in [-0.15, -0.1) is 0 Å². The van der Waals surface area contributed by atoms with E-state index < -0.39 is 0 Å². The van der Waals surface area contributed by atoms with Crippen LogP contribution in [-0.4, -0.2) is 11.0 Å². The van der Waals surface area contributed by atoms with Gasteiger partial charge in [-0.25, -0.2) is 4.98 Å². The molecule has 0 fully saturated rings. The lowest BCUT2D eigenvalue weighted by atomic mass is 10.1. The first-order chi connectivity index (χ1) is 9.08. The van der Waals surface area contributed by atoms with Gasteiger partial charge in [0.1, 0.15) is 6.26 Å². The van der Waals surface area contributed by atoms with Crippen molar-refractivity contribution in [1.29, 1.82) is 0 Å². The summed E-state index contributed by atoms with van der Waals surface area (Å²) in [5.41, 5.74) is 8.12. The standard InChI is InChI=1S/C14H17BrN2OS/c1-3-11(16)6-10-4-5-12(7-13(10)15)19-14-17-9(2)8-18-14/h4-5,7-8,11H,3,6,16H2,1-2H3. The quantitative estimate of drug-likeness (QED) is 0.887. The zero-order valence-electron chi connectivity index (χ0n) is 11.0. The molecule has 1 unspecified atom stereocenters. The van der Waals surface area contributed by atoms with Crippen molar-refractivity contribution in [3.05, 3.63) is 40.2 Å². The molecule has 0 spiro atoms. The second kappa shape index (κ2) is 6.59. The molecule has 1 aromatic carbocycles. The van der Waals surface area contributed by atoms with Crippen LogP contribution in [0.4, 0.5) is 0 Å². The van der Waals surface area contributed by atoms with E-state index in [1.807, 2.05) is 6.92 Å². The number of aromatic nitrogens is 1. The summed E-state index contributed by atoms with van der Waals surface area (Å²) < 4.78 is 6.42. The van der Waals surface area contributed by atoms with Gasteiger partial charge in [0.25, 0.3) is 5.22 Å². The van der Waals surface area contributed by atoms with E-state index in [0.717, 1.165) is 27.9 Å². The average Bonchev–Trinajstić information content (AvgIpc) is 2.78. The molecule has 0 aliphatic heterocycles. The van der Waals surface area contributed by atoms with Crippen LogP contribution in [0.5, 0.6) is 0 Å². The number of aryl methyl sites for hydroxylation is 1. The Morgan fingerprint density at radius 3 is 2.84 bits per heavy atom. The first kappa shape index (κ1) is 14.6. The number of hydrogen-bond donors (Lipinski definition) is 1. The van der Waals surface area contributed by atoms with Gasteiger partial charge in [0.05, 0.1) is 5.69 Å². The molecule has 1 atom stereocenters. The normalized spacial score (nSPS) is 12.6. The van der Waals surface area contributed by atoms with Crippen LogP contribution in [0.2, 0.25) is 0 Å². The molecule has 0 amide bonds. The summed E-state index contributed by atoms with van der Waals surface area (Å²) >= 11 is 5.12. The number of oxazole rings is 1. The van der Waals surface area contributed by atoms with Gasteiger partial charge < -0.3 is 10.2 Å². The summed E-state index contributed by atoms with van der Waals surface area (Å²) in [5, 5.41) is 0.669. The SMILES string of the molecule is CCC(N)Cc1ccc(Sc2nc(C)co2)cc1Br. The third-order valence-corrected chi connectivity index (χ3v) is 4.42. The largest absolute Gasteiger partial charge is 0.439 e. The highest BCUT2D eigenvalue weighted by molar-refractivity contribution is 9.10. The molecular weight excluding hydrogens is 324 g/mol. The fourth-order valence-corrected chi connectivity index (χ4v) is 3.16. The van der Waals surface area contributed by atoms with Crippen LogP contribution in [0.3, 0.4) is 0 Å². The second-order valence-electron chi connectivity index (χ2n) is 4.48. The molecule has 2 rings (SSSR count). The minimum absolute atomic E-state index is 0.212. The van der Waals surface area contributed by atoms with Gasteiger partial charge in [0.15, 0.2) is 0 Å². The summed E-state index contributed by atoms with van der Waals surface area (Å²) in [7, 11) is 0. The van der Waals surface area contributed by atoms with E-state index in [4.69, 9.17) is 10.2 Å². The summed E-state index contributed by atoms with van der Waals surface area (Å²) in [6.07, 6.45) is 3.53. The lowest BCUT2D eigenvalue weighted by molar-refractivity contribution is 0.454. The van der Waals surface area contributed by atoms with Gasteiger partial charge in [-0.05, 0) is 49.2 Å². The molecule has 2 N–H and O–H groups in total. The monoisotopic (exact) mass is 340 g/mol. The maximum absolute atomic E-state index is 5.99. The number of hydrogen-bond acceptors (Lipinski definition) is 4. The molecule has 0 saturated carbocycles. The van der Waals surface area contributed by atoms with E-state index in [1.165, 1.54) is 17.3 Å². The van der Waals surface area contributed by atoms with E-state index >= 15 is 0 Å². The Bertz CT molecular complexity index is 556. The van der Waals surface area contributed by atoms with Gasteiger partial charge >= 0.3 is 0 Å². The predicted molar refractivity (Wildman–Crippen MR) is 81.5 cm³/mol. The molecular formula is C14H17BrN2OS. The van der Waals surface area contributed by atoms with Crippen molar-refractivity contribution in [2.45, 2.75) is 42.8 Å². The number of nitrogens with two attached hydrogens (primary N) is 1. The summed E-state index contributed by atoms with van der Waals surface area (Å²) in [6, 6.07) is 6.48. The lowest BCUT2D eigenvalue weighted by Crippen LogP contribution is -2.21. The average molecular weight is 341 g/mol. The van der Waals surface area contributed by atoms with Crippen molar-refractivity contribution in [3.8, 4) is 0 Å². The van der Waals surface area contributed by atoms with Gasteiger partial charge in [0.2, 0.25) is 0 Å². The Morgan fingerprint density at radius 2 is 2.26 bits per heavy atom. The third-order valence-electron chi connectivity index (χ3n) is 2.83. The van der Waals surface area contributed by atoms with Crippen molar-refractivity contribution in [1.82, 2.24) is 4.98 Å². The Kier molecular flexibility index (Phi) is 5.07. The van der Waals surface area contributed by atoms with Crippen LogP contribution in [0.25, 0.3) is 0 Å². The molecule has 2 aromatic rings. The first-order valence-corrected chi connectivity index (χ1v) is 7.83. The highest BCUT2D eigenvalue weighted by atomic mass is 79.9. The van der Waals surface area contributed by atoms with Crippen molar-refractivity contribution in [2.24, 2.45) is 5.73 Å². The van der Waals surface area contributed by atoms with Crippen LogP contribution in [0, 0.1) is 6.92 Å². The topological polar surface area (TPSA) is 52.0 Å². The van der Waals surface area contributed by atoms with Crippen molar-refractivity contribution < 1.29 is 4.42 Å². The Hall–Kier alpha value is -0.780. The van der Waals surface area contributed by atoms with Crippen LogP contribution < -0.4 is 5.73 Å². The van der Waals surface area contributed by atoms with Crippen LogP contribution >= 0.6 is 27.7 Å². The minimum Gasteiger partial charge on any atom is -0.439 e. The summed E-state index contributed by atoms with van der Waals surface area (Å²) in [6.45, 7) is 4.02. The minimum atomic E-state index is 0.212. The highest BCUT2D eigenvalue weighted by Gasteiger charge is 2.08. The molecule has 5 heteroatoms. The molecule has 19 heavy (non-hydrogen) atoms. The smallest absolute Gasteiger partial charge is 0.260 e. The van der Waals surface area contributed by atoms with Crippen molar-refractivity contribution >= 4 is 27.7 Å². The van der Waals surface area contributed by atoms with Crippen LogP contribution in [0.15, 0.2) is 43.5 Å². The summed E-state index contributed by atoms with van der Waals surface area (Å²) in [4.78, 5) is 5.38. The zero-order chi connectivity index (χ0) is 13.8. The van der Waals surface area contributed by atoms with E-state index in [0.29, 0.717) is 5.22 Å². The second-order valence-corrected chi connectivity index (χ2v) is 6.36. The molecule has 0 bridgehead atoms. The van der Waals surface area contributed by atoms with E-state index in [1.54, 1.807) is 6.26 Å².